The van der Waals surface area contributed by atoms with Crippen molar-refractivity contribution in [2.24, 2.45) is 5.73 Å². The van der Waals surface area contributed by atoms with Crippen molar-refractivity contribution in [3.8, 4) is 0 Å². The Morgan fingerprint density at radius 3 is 2.50 bits per heavy atom. The first-order chi connectivity index (χ1) is 9.58. The van der Waals surface area contributed by atoms with Crippen molar-refractivity contribution in [2.45, 2.75) is 19.0 Å². The van der Waals surface area contributed by atoms with Crippen LogP contribution in [-0.4, -0.2) is 11.9 Å². The largest absolute Gasteiger partial charge is 0.318 e. The lowest BCUT2D eigenvalue weighted by atomic mass is 9.88. The fraction of sp³-hybridized carbons (Fsp3) is 0.188. The molecule has 1 heterocycles. The first kappa shape index (κ1) is 13.2. The third-order valence-corrected chi connectivity index (χ3v) is 3.88. The molecule has 0 aromatic heterocycles. The number of hydrogen-bond donors (Lipinski definition) is 1. The minimum atomic E-state index is -0.505. The Morgan fingerprint density at radius 2 is 1.85 bits per heavy atom. The van der Waals surface area contributed by atoms with E-state index in [-0.39, 0.29) is 11.9 Å². The SMILES string of the molecule is Cc1ccc(N2C(=O)[C@@H](N)[C@H]2c2cccc(Cl)c2)cc1. The van der Waals surface area contributed by atoms with E-state index >= 15 is 0 Å². The third kappa shape index (κ3) is 2.09. The second-order valence-corrected chi connectivity index (χ2v) is 5.51. The van der Waals surface area contributed by atoms with Gasteiger partial charge in [0.15, 0.2) is 0 Å². The van der Waals surface area contributed by atoms with Crippen molar-refractivity contribution in [2.75, 3.05) is 4.90 Å². The average molecular weight is 287 g/mol. The van der Waals surface area contributed by atoms with E-state index < -0.39 is 6.04 Å². The number of rotatable bonds is 2. The van der Waals surface area contributed by atoms with E-state index in [4.69, 9.17) is 17.3 Å². The summed E-state index contributed by atoms with van der Waals surface area (Å²) in [6.45, 7) is 2.02. The van der Waals surface area contributed by atoms with Gasteiger partial charge >= 0.3 is 0 Å². The summed E-state index contributed by atoms with van der Waals surface area (Å²) in [5.74, 6) is -0.0566. The van der Waals surface area contributed by atoms with Gasteiger partial charge in [-0.1, -0.05) is 41.4 Å². The number of β-lactam (4-membered cyclic amide) rings is 1. The Morgan fingerprint density at radius 1 is 1.15 bits per heavy atom. The summed E-state index contributed by atoms with van der Waals surface area (Å²) in [4.78, 5) is 13.8. The second kappa shape index (κ2) is 4.93. The summed E-state index contributed by atoms with van der Waals surface area (Å²) >= 11 is 6.02. The zero-order valence-electron chi connectivity index (χ0n) is 11.1. The predicted octanol–water partition coefficient (Wildman–Crippen LogP) is 3.06. The van der Waals surface area contributed by atoms with Crippen molar-refractivity contribution in [3.05, 3.63) is 64.7 Å². The van der Waals surface area contributed by atoms with Gasteiger partial charge in [-0.05, 0) is 36.8 Å². The fourth-order valence-corrected chi connectivity index (χ4v) is 2.75. The van der Waals surface area contributed by atoms with Gasteiger partial charge in [-0.15, -0.1) is 0 Å². The van der Waals surface area contributed by atoms with Gasteiger partial charge in [0.1, 0.15) is 6.04 Å². The predicted molar refractivity (Wildman–Crippen MR) is 80.8 cm³/mol. The Kier molecular flexibility index (Phi) is 3.24. The van der Waals surface area contributed by atoms with Gasteiger partial charge in [0, 0.05) is 10.7 Å². The van der Waals surface area contributed by atoms with Crippen LogP contribution in [0.1, 0.15) is 17.2 Å². The topological polar surface area (TPSA) is 46.3 Å². The summed E-state index contributed by atoms with van der Waals surface area (Å²) in [6, 6.07) is 14.7. The van der Waals surface area contributed by atoms with Crippen LogP contribution in [0.3, 0.4) is 0 Å². The molecule has 3 nitrogen and oxygen atoms in total. The number of carbonyl (C=O) groups excluding carboxylic acids is 1. The minimum Gasteiger partial charge on any atom is -0.318 e. The van der Waals surface area contributed by atoms with Gasteiger partial charge in [-0.3, -0.25) is 4.79 Å². The first-order valence-corrected chi connectivity index (χ1v) is 6.86. The highest BCUT2D eigenvalue weighted by atomic mass is 35.5. The summed E-state index contributed by atoms with van der Waals surface area (Å²) in [5.41, 5.74) is 8.96. The minimum absolute atomic E-state index is 0.0566. The Bertz CT molecular complexity index is 654. The number of benzene rings is 2. The Balaban J connectivity index is 1.97. The zero-order valence-corrected chi connectivity index (χ0v) is 11.8. The highest BCUT2D eigenvalue weighted by Gasteiger charge is 2.46. The molecular weight excluding hydrogens is 272 g/mol. The van der Waals surface area contributed by atoms with Crippen molar-refractivity contribution in [3.63, 3.8) is 0 Å². The Labute approximate surface area is 123 Å². The van der Waals surface area contributed by atoms with Crippen LogP contribution in [0.2, 0.25) is 5.02 Å². The van der Waals surface area contributed by atoms with Gasteiger partial charge in [0.2, 0.25) is 5.91 Å². The number of nitrogens with two attached hydrogens (primary N) is 1. The molecule has 3 rings (SSSR count). The molecule has 0 unspecified atom stereocenters. The lowest BCUT2D eigenvalue weighted by molar-refractivity contribution is -0.126. The highest BCUT2D eigenvalue weighted by molar-refractivity contribution is 6.30. The van der Waals surface area contributed by atoms with Crippen LogP contribution < -0.4 is 10.6 Å². The van der Waals surface area contributed by atoms with Crippen LogP contribution in [0.4, 0.5) is 5.69 Å². The maximum Gasteiger partial charge on any atom is 0.247 e. The molecule has 2 N–H and O–H groups in total. The summed E-state index contributed by atoms with van der Waals surface area (Å²) in [6.07, 6.45) is 0. The van der Waals surface area contributed by atoms with Crippen molar-refractivity contribution in [1.82, 2.24) is 0 Å². The van der Waals surface area contributed by atoms with Crippen LogP contribution in [-0.2, 0) is 4.79 Å². The first-order valence-electron chi connectivity index (χ1n) is 6.49. The number of amides is 1. The van der Waals surface area contributed by atoms with E-state index in [1.54, 1.807) is 4.90 Å². The van der Waals surface area contributed by atoms with Crippen molar-refractivity contribution >= 4 is 23.2 Å². The van der Waals surface area contributed by atoms with E-state index in [2.05, 4.69) is 0 Å². The smallest absolute Gasteiger partial charge is 0.247 e. The maximum absolute atomic E-state index is 12.1. The molecule has 1 amide bonds. The van der Waals surface area contributed by atoms with E-state index in [0.717, 1.165) is 16.8 Å². The van der Waals surface area contributed by atoms with Gasteiger partial charge in [0.05, 0.1) is 6.04 Å². The van der Waals surface area contributed by atoms with Crippen LogP contribution >= 0.6 is 11.6 Å². The van der Waals surface area contributed by atoms with Crippen LogP contribution in [0.5, 0.6) is 0 Å². The van der Waals surface area contributed by atoms with E-state index in [1.165, 1.54) is 0 Å². The molecule has 2 aromatic carbocycles. The molecule has 1 aliphatic heterocycles. The van der Waals surface area contributed by atoms with Gasteiger partial charge in [-0.25, -0.2) is 0 Å². The second-order valence-electron chi connectivity index (χ2n) is 5.07. The van der Waals surface area contributed by atoms with E-state index in [0.29, 0.717) is 5.02 Å². The molecule has 0 aliphatic carbocycles. The number of nitrogens with zero attached hydrogens (tertiary/aromatic N) is 1. The molecule has 1 aliphatic rings. The standard InChI is InChI=1S/C16H15ClN2O/c1-10-5-7-13(8-6-10)19-15(14(18)16(19)20)11-3-2-4-12(17)9-11/h2-9,14-15H,18H2,1H3/t14-,15+/m0/s1. The molecule has 2 aromatic rings. The molecule has 0 spiro atoms. The molecule has 20 heavy (non-hydrogen) atoms. The molecule has 1 fully saturated rings. The lowest BCUT2D eigenvalue weighted by Gasteiger charge is -2.45. The molecule has 2 atom stereocenters. The summed E-state index contributed by atoms with van der Waals surface area (Å²) in [7, 11) is 0. The molecule has 0 saturated carbocycles. The van der Waals surface area contributed by atoms with E-state index in [1.807, 2.05) is 55.5 Å². The summed E-state index contributed by atoms with van der Waals surface area (Å²) in [5, 5.41) is 0.651. The molecule has 1 saturated heterocycles. The highest BCUT2D eigenvalue weighted by Crippen LogP contribution is 2.38. The zero-order chi connectivity index (χ0) is 14.3. The maximum atomic E-state index is 12.1. The monoisotopic (exact) mass is 286 g/mol. The molecule has 102 valence electrons. The molecule has 4 heteroatoms. The molecular formula is C16H15ClN2O. The van der Waals surface area contributed by atoms with Crippen molar-refractivity contribution < 1.29 is 4.79 Å². The van der Waals surface area contributed by atoms with Gasteiger partial charge in [0.25, 0.3) is 0 Å². The third-order valence-electron chi connectivity index (χ3n) is 3.64. The van der Waals surface area contributed by atoms with Crippen LogP contribution in [0.25, 0.3) is 0 Å². The number of aryl methyl sites for hydroxylation is 1. The van der Waals surface area contributed by atoms with E-state index in [9.17, 15) is 4.79 Å². The van der Waals surface area contributed by atoms with Crippen LogP contribution in [0, 0.1) is 6.92 Å². The lowest BCUT2D eigenvalue weighted by Crippen LogP contribution is -2.63. The van der Waals surface area contributed by atoms with Gasteiger partial charge < -0.3 is 10.6 Å². The number of hydrogen-bond acceptors (Lipinski definition) is 2. The number of halogens is 1. The number of carbonyl (C=O) groups is 1. The Hall–Kier alpha value is -1.84. The normalized spacial score (nSPS) is 21.8. The molecule has 0 radical (unpaired) electrons. The average Bonchev–Trinajstić information content (AvgIpc) is 2.45. The fourth-order valence-electron chi connectivity index (χ4n) is 2.55. The van der Waals surface area contributed by atoms with Crippen molar-refractivity contribution in [1.29, 1.82) is 0 Å². The quantitative estimate of drug-likeness (QED) is 0.863. The number of anilines is 1. The molecule has 0 bridgehead atoms. The van der Waals surface area contributed by atoms with Gasteiger partial charge in [-0.2, -0.15) is 0 Å². The summed E-state index contributed by atoms with van der Waals surface area (Å²) < 4.78 is 0. The van der Waals surface area contributed by atoms with Crippen LogP contribution in [0.15, 0.2) is 48.5 Å².